The lowest BCUT2D eigenvalue weighted by Gasteiger charge is -2.25. The summed E-state index contributed by atoms with van der Waals surface area (Å²) >= 11 is 0. The van der Waals surface area contributed by atoms with Crippen LogP contribution < -0.4 is 14.8 Å². The van der Waals surface area contributed by atoms with Gasteiger partial charge in [0.25, 0.3) is 5.91 Å². The second kappa shape index (κ2) is 9.56. The zero-order chi connectivity index (χ0) is 22.5. The number of hydrogen-bond donors (Lipinski definition) is 1. The van der Waals surface area contributed by atoms with E-state index in [9.17, 15) is 9.59 Å². The van der Waals surface area contributed by atoms with Crippen molar-refractivity contribution in [2.75, 3.05) is 20.8 Å². The van der Waals surface area contributed by atoms with Crippen LogP contribution in [0.2, 0.25) is 0 Å². The molecule has 0 aliphatic carbocycles. The fourth-order valence-electron chi connectivity index (χ4n) is 4.06. The molecule has 6 heteroatoms. The first-order valence-electron chi connectivity index (χ1n) is 10.5. The molecule has 164 valence electrons. The van der Waals surface area contributed by atoms with Gasteiger partial charge in [-0.15, -0.1) is 0 Å². The molecule has 0 aromatic heterocycles. The molecular formula is C26H26N2O4. The fraction of sp³-hybridized carbons (Fsp3) is 0.231. The summed E-state index contributed by atoms with van der Waals surface area (Å²) in [5, 5.41) is 3.01. The van der Waals surface area contributed by atoms with Gasteiger partial charge < -0.3 is 19.7 Å². The normalized spacial score (nSPS) is 14.8. The van der Waals surface area contributed by atoms with Crippen LogP contribution in [0, 0.1) is 0 Å². The lowest BCUT2D eigenvalue weighted by Crippen LogP contribution is -2.39. The van der Waals surface area contributed by atoms with Crippen molar-refractivity contribution >= 4 is 11.8 Å². The number of rotatable bonds is 8. The highest BCUT2D eigenvalue weighted by Crippen LogP contribution is 2.35. The summed E-state index contributed by atoms with van der Waals surface area (Å²) < 4.78 is 10.6. The summed E-state index contributed by atoms with van der Waals surface area (Å²) in [6.07, 6.45) is 0.632. The van der Waals surface area contributed by atoms with Gasteiger partial charge in [0.2, 0.25) is 5.91 Å². The number of nitrogens with one attached hydrogen (secondary N) is 1. The van der Waals surface area contributed by atoms with Crippen LogP contribution in [-0.4, -0.2) is 37.5 Å². The van der Waals surface area contributed by atoms with Gasteiger partial charge in [-0.05, 0) is 41.3 Å². The van der Waals surface area contributed by atoms with E-state index in [2.05, 4.69) is 5.32 Å². The summed E-state index contributed by atoms with van der Waals surface area (Å²) in [5.74, 6) is 1.02. The quantitative estimate of drug-likeness (QED) is 0.591. The van der Waals surface area contributed by atoms with Gasteiger partial charge in [-0.2, -0.15) is 0 Å². The summed E-state index contributed by atoms with van der Waals surface area (Å²) in [7, 11) is 3.19. The highest BCUT2D eigenvalue weighted by atomic mass is 16.5. The molecule has 0 fully saturated rings. The predicted molar refractivity (Wildman–Crippen MR) is 122 cm³/mol. The first kappa shape index (κ1) is 21.4. The zero-order valence-electron chi connectivity index (χ0n) is 18.2. The minimum atomic E-state index is -0.649. The molecule has 0 saturated heterocycles. The predicted octanol–water partition coefficient (Wildman–Crippen LogP) is 3.76. The minimum Gasteiger partial charge on any atom is -0.493 e. The van der Waals surface area contributed by atoms with Crippen LogP contribution in [0.3, 0.4) is 0 Å². The van der Waals surface area contributed by atoms with Gasteiger partial charge >= 0.3 is 0 Å². The monoisotopic (exact) mass is 430 g/mol. The molecule has 1 N–H and O–H groups in total. The average Bonchev–Trinajstić information content (AvgIpc) is 3.11. The first-order valence-corrected chi connectivity index (χ1v) is 10.5. The van der Waals surface area contributed by atoms with Gasteiger partial charge in [-0.25, -0.2) is 0 Å². The third kappa shape index (κ3) is 4.30. The molecule has 32 heavy (non-hydrogen) atoms. The molecule has 0 radical (unpaired) electrons. The number of hydrogen-bond acceptors (Lipinski definition) is 4. The lowest BCUT2D eigenvalue weighted by molar-refractivity contribution is -0.125. The van der Waals surface area contributed by atoms with Crippen LogP contribution in [0.15, 0.2) is 72.8 Å². The van der Waals surface area contributed by atoms with E-state index < -0.39 is 6.04 Å². The van der Waals surface area contributed by atoms with Crippen molar-refractivity contribution in [3.05, 3.63) is 95.1 Å². The molecule has 2 amide bonds. The molecule has 0 unspecified atom stereocenters. The van der Waals surface area contributed by atoms with Gasteiger partial charge in [0.1, 0.15) is 6.04 Å². The lowest BCUT2D eigenvalue weighted by atomic mass is 10.0. The number of fused-ring (bicyclic) bond motifs is 1. The Morgan fingerprint density at radius 2 is 1.62 bits per heavy atom. The molecule has 1 atom stereocenters. The topological polar surface area (TPSA) is 67.9 Å². The van der Waals surface area contributed by atoms with Crippen LogP contribution in [0.4, 0.5) is 0 Å². The number of methoxy groups -OCH3 is 2. The molecule has 0 bridgehead atoms. The molecular weight excluding hydrogens is 404 g/mol. The molecule has 3 aromatic rings. The van der Waals surface area contributed by atoms with E-state index >= 15 is 0 Å². The molecule has 4 rings (SSSR count). The second-order valence-corrected chi connectivity index (χ2v) is 7.64. The molecule has 3 aromatic carbocycles. The highest BCUT2D eigenvalue weighted by molar-refractivity contribution is 6.04. The van der Waals surface area contributed by atoms with E-state index in [4.69, 9.17) is 9.47 Å². The Balaban J connectivity index is 1.48. The van der Waals surface area contributed by atoms with Gasteiger partial charge in [0.05, 0.1) is 14.2 Å². The van der Waals surface area contributed by atoms with Crippen LogP contribution in [-0.2, 0) is 17.8 Å². The highest BCUT2D eigenvalue weighted by Gasteiger charge is 2.40. The van der Waals surface area contributed by atoms with E-state index in [1.54, 1.807) is 25.2 Å². The van der Waals surface area contributed by atoms with Crippen LogP contribution in [0.1, 0.15) is 33.1 Å². The third-order valence-electron chi connectivity index (χ3n) is 5.66. The van der Waals surface area contributed by atoms with Gasteiger partial charge in [-0.1, -0.05) is 54.6 Å². The third-order valence-corrected chi connectivity index (χ3v) is 5.66. The molecule has 0 spiro atoms. The molecule has 6 nitrogen and oxygen atoms in total. The van der Waals surface area contributed by atoms with E-state index in [-0.39, 0.29) is 11.8 Å². The first-order chi connectivity index (χ1) is 15.6. The maximum Gasteiger partial charge on any atom is 0.255 e. The maximum atomic E-state index is 13.2. The maximum absolute atomic E-state index is 13.2. The van der Waals surface area contributed by atoms with E-state index in [0.717, 1.165) is 16.7 Å². The Labute approximate surface area is 187 Å². The van der Waals surface area contributed by atoms with E-state index in [1.807, 2.05) is 66.7 Å². The average molecular weight is 431 g/mol. The number of benzene rings is 3. The van der Waals surface area contributed by atoms with Crippen LogP contribution in [0.25, 0.3) is 0 Å². The molecule has 1 aliphatic heterocycles. The molecule has 1 aliphatic rings. The summed E-state index contributed by atoms with van der Waals surface area (Å²) in [6.45, 7) is 0.822. The number of carbonyl (C=O) groups is 2. The van der Waals surface area contributed by atoms with Gasteiger partial charge in [0.15, 0.2) is 11.5 Å². The Bertz CT molecular complexity index is 1110. The number of nitrogens with zero attached hydrogens (tertiary/aromatic N) is 1. The van der Waals surface area contributed by atoms with Crippen LogP contribution in [0.5, 0.6) is 11.5 Å². The summed E-state index contributed by atoms with van der Waals surface area (Å²) in [4.78, 5) is 27.9. The summed E-state index contributed by atoms with van der Waals surface area (Å²) in [5.41, 5.74) is 3.34. The van der Waals surface area contributed by atoms with Crippen molar-refractivity contribution < 1.29 is 19.1 Å². The van der Waals surface area contributed by atoms with Crippen molar-refractivity contribution in [3.8, 4) is 11.5 Å². The molecule has 0 saturated carbocycles. The van der Waals surface area contributed by atoms with E-state index in [1.165, 1.54) is 0 Å². The Kier molecular flexibility index (Phi) is 6.40. The van der Waals surface area contributed by atoms with Crippen molar-refractivity contribution in [1.82, 2.24) is 10.2 Å². The van der Waals surface area contributed by atoms with E-state index in [0.29, 0.717) is 36.6 Å². The number of ether oxygens (including phenoxy) is 2. The Morgan fingerprint density at radius 3 is 2.38 bits per heavy atom. The molecule has 1 heterocycles. The largest absolute Gasteiger partial charge is 0.493 e. The minimum absolute atomic E-state index is 0.121. The van der Waals surface area contributed by atoms with Crippen molar-refractivity contribution in [1.29, 1.82) is 0 Å². The van der Waals surface area contributed by atoms with Crippen molar-refractivity contribution in [2.45, 2.75) is 19.0 Å². The van der Waals surface area contributed by atoms with Gasteiger partial charge in [0, 0.05) is 18.7 Å². The Morgan fingerprint density at radius 1 is 0.906 bits per heavy atom. The van der Waals surface area contributed by atoms with Crippen LogP contribution >= 0.6 is 0 Å². The number of amides is 2. The summed E-state index contributed by atoms with van der Waals surface area (Å²) in [6, 6.07) is 22.1. The van der Waals surface area contributed by atoms with Crippen molar-refractivity contribution in [3.63, 3.8) is 0 Å². The van der Waals surface area contributed by atoms with Gasteiger partial charge in [-0.3, -0.25) is 9.59 Å². The zero-order valence-corrected chi connectivity index (χ0v) is 18.2. The Hall–Kier alpha value is -3.80. The van der Waals surface area contributed by atoms with Crippen molar-refractivity contribution in [2.24, 2.45) is 0 Å². The fourth-order valence-corrected chi connectivity index (χ4v) is 4.06. The SMILES string of the molecule is COc1ccc(CCNC(=O)[C@H]2c3ccccc3C(=O)N2Cc2ccccc2)cc1OC. The second-order valence-electron chi connectivity index (χ2n) is 7.64. The number of carbonyl (C=O) groups excluding carboxylic acids is 2. The smallest absolute Gasteiger partial charge is 0.255 e. The standard InChI is InChI=1S/C26H26N2O4/c1-31-22-13-12-18(16-23(22)32-2)14-15-27-25(29)24-20-10-6-7-11-21(20)26(30)28(24)17-19-8-4-3-5-9-19/h3-13,16,24H,14-15,17H2,1-2H3,(H,27,29)/t24-/m1/s1.